The number of hydrogen-bond acceptors (Lipinski definition) is 3. The Morgan fingerprint density at radius 3 is 1.76 bits per heavy atom. The number of quaternary nitrogens is 1. The average Bonchev–Trinajstić information content (AvgIpc) is 2.88. The first-order chi connectivity index (χ1) is 13.7. The summed E-state index contributed by atoms with van der Waals surface area (Å²) in [4.78, 5) is 14.5. The molecule has 0 aromatic heterocycles. The number of nitrogens with one attached hydrogen (secondary N) is 1. The fourth-order valence-electron chi connectivity index (χ4n) is 3.99. The van der Waals surface area contributed by atoms with E-state index >= 15 is 0 Å². The summed E-state index contributed by atoms with van der Waals surface area (Å²) < 4.78 is 5.61. The van der Waals surface area contributed by atoms with Gasteiger partial charge in [-0.15, -0.1) is 0 Å². The minimum Gasteiger partial charge on any atom is -1.00 e. The third-order valence-electron chi connectivity index (χ3n) is 5.68. The van der Waals surface area contributed by atoms with Crippen molar-refractivity contribution in [3.63, 3.8) is 0 Å². The monoisotopic (exact) mass is 417 g/mol. The van der Waals surface area contributed by atoms with Crippen LogP contribution in [0.4, 0.5) is 0 Å². The first-order valence-corrected chi connectivity index (χ1v) is 10.6. The number of aliphatic hydroxyl groups is 1. The second-order valence-corrected chi connectivity index (χ2v) is 7.70. The lowest BCUT2D eigenvalue weighted by atomic mass is 9.86. The molecule has 2 aromatic rings. The summed E-state index contributed by atoms with van der Waals surface area (Å²) >= 11 is 0. The molecule has 1 saturated heterocycles. The van der Waals surface area contributed by atoms with Gasteiger partial charge < -0.3 is 27.2 Å². The first-order valence-electron chi connectivity index (χ1n) is 10.6. The number of carbonyl (C=O) groups is 1. The SMILES string of the molecule is O=C(OCC[NH+]1CCCCCCCC1)C(O)(c1ccccc1)c1ccccc1.[Cl-]. The molecule has 0 saturated carbocycles. The zero-order valence-electron chi connectivity index (χ0n) is 17.0. The smallest absolute Gasteiger partial charge is 0.347 e. The fourth-order valence-corrected chi connectivity index (χ4v) is 3.99. The van der Waals surface area contributed by atoms with Gasteiger partial charge in [-0.2, -0.15) is 0 Å². The molecule has 4 nitrogen and oxygen atoms in total. The largest absolute Gasteiger partial charge is 1.00 e. The first kappa shape index (κ1) is 23.4. The van der Waals surface area contributed by atoms with E-state index in [1.807, 2.05) is 36.4 Å². The van der Waals surface area contributed by atoms with Crippen LogP contribution >= 0.6 is 0 Å². The van der Waals surface area contributed by atoms with E-state index in [4.69, 9.17) is 4.74 Å². The number of ether oxygens (including phenoxy) is 1. The third kappa shape index (κ3) is 6.30. The fraction of sp³-hybridized carbons (Fsp3) is 0.458. The molecule has 158 valence electrons. The Labute approximate surface area is 180 Å². The zero-order valence-corrected chi connectivity index (χ0v) is 17.7. The van der Waals surface area contributed by atoms with Crippen molar-refractivity contribution in [3.8, 4) is 0 Å². The van der Waals surface area contributed by atoms with Gasteiger partial charge in [0.05, 0.1) is 13.1 Å². The molecule has 1 aliphatic rings. The summed E-state index contributed by atoms with van der Waals surface area (Å²) in [6.07, 6.45) is 7.74. The molecule has 0 spiro atoms. The minimum absolute atomic E-state index is 0. The molecule has 5 heteroatoms. The van der Waals surface area contributed by atoms with E-state index in [1.54, 1.807) is 24.3 Å². The Kier molecular flexibility index (Phi) is 9.65. The lowest BCUT2D eigenvalue weighted by molar-refractivity contribution is -0.900. The highest BCUT2D eigenvalue weighted by Gasteiger charge is 2.41. The lowest BCUT2D eigenvalue weighted by Crippen LogP contribution is -3.12. The summed E-state index contributed by atoms with van der Waals surface area (Å²) in [7, 11) is 0. The van der Waals surface area contributed by atoms with Gasteiger partial charge in [0, 0.05) is 0 Å². The van der Waals surface area contributed by atoms with Crippen LogP contribution < -0.4 is 17.3 Å². The molecule has 29 heavy (non-hydrogen) atoms. The van der Waals surface area contributed by atoms with Gasteiger partial charge in [-0.1, -0.05) is 73.5 Å². The number of benzene rings is 2. The van der Waals surface area contributed by atoms with E-state index in [9.17, 15) is 9.90 Å². The number of carbonyl (C=O) groups excluding carboxylic acids is 1. The van der Waals surface area contributed by atoms with Gasteiger partial charge >= 0.3 is 5.97 Å². The Bertz CT molecular complexity index is 674. The van der Waals surface area contributed by atoms with Gasteiger partial charge in [0.2, 0.25) is 5.60 Å². The average molecular weight is 418 g/mol. The van der Waals surface area contributed by atoms with Crippen molar-refractivity contribution in [1.29, 1.82) is 0 Å². The molecule has 1 fully saturated rings. The molecular weight excluding hydrogens is 386 g/mol. The molecule has 0 unspecified atom stereocenters. The maximum absolute atomic E-state index is 13.0. The Hall–Kier alpha value is -1.88. The molecule has 2 N–H and O–H groups in total. The molecule has 0 aliphatic carbocycles. The molecule has 1 heterocycles. The van der Waals surface area contributed by atoms with E-state index in [0.29, 0.717) is 17.7 Å². The van der Waals surface area contributed by atoms with Gasteiger partial charge in [-0.3, -0.25) is 0 Å². The topological polar surface area (TPSA) is 51.0 Å². The van der Waals surface area contributed by atoms with Crippen molar-refractivity contribution in [2.75, 3.05) is 26.2 Å². The van der Waals surface area contributed by atoms with Crippen LogP contribution in [0.3, 0.4) is 0 Å². The van der Waals surface area contributed by atoms with E-state index in [-0.39, 0.29) is 12.4 Å². The number of halogens is 1. The maximum Gasteiger partial charge on any atom is 0.347 e. The summed E-state index contributed by atoms with van der Waals surface area (Å²) in [6, 6.07) is 18.1. The van der Waals surface area contributed by atoms with Gasteiger partial charge in [-0.05, 0) is 36.8 Å². The second-order valence-electron chi connectivity index (χ2n) is 7.70. The molecule has 2 aromatic carbocycles. The summed E-state index contributed by atoms with van der Waals surface area (Å²) in [6.45, 7) is 3.40. The summed E-state index contributed by atoms with van der Waals surface area (Å²) in [5.41, 5.74) is -0.728. The van der Waals surface area contributed by atoms with Crippen molar-refractivity contribution >= 4 is 5.97 Å². The van der Waals surface area contributed by atoms with Crippen molar-refractivity contribution in [1.82, 2.24) is 0 Å². The number of esters is 1. The molecule has 0 radical (unpaired) electrons. The Morgan fingerprint density at radius 1 is 0.828 bits per heavy atom. The van der Waals surface area contributed by atoms with E-state index < -0.39 is 11.6 Å². The predicted molar refractivity (Wildman–Crippen MR) is 110 cm³/mol. The molecule has 3 rings (SSSR count). The van der Waals surface area contributed by atoms with E-state index in [1.165, 1.54) is 43.4 Å². The summed E-state index contributed by atoms with van der Waals surface area (Å²) in [5, 5.41) is 11.4. The van der Waals surface area contributed by atoms with Crippen LogP contribution in [0, 0.1) is 0 Å². The van der Waals surface area contributed by atoms with E-state index in [2.05, 4.69) is 0 Å². The van der Waals surface area contributed by atoms with Gasteiger partial charge in [0.15, 0.2) is 0 Å². The summed E-state index contributed by atoms with van der Waals surface area (Å²) in [5.74, 6) is -0.603. The molecule has 0 atom stereocenters. The highest BCUT2D eigenvalue weighted by Crippen LogP contribution is 2.30. The predicted octanol–water partition coefficient (Wildman–Crippen LogP) is -0.291. The number of rotatable bonds is 6. The van der Waals surface area contributed by atoms with Crippen LogP contribution in [0.15, 0.2) is 60.7 Å². The quantitative estimate of drug-likeness (QED) is 0.635. The van der Waals surface area contributed by atoms with Crippen LogP contribution in [0.25, 0.3) is 0 Å². The van der Waals surface area contributed by atoms with Crippen LogP contribution in [-0.2, 0) is 15.1 Å². The molecule has 1 aliphatic heterocycles. The van der Waals surface area contributed by atoms with Gasteiger partial charge in [-0.25, -0.2) is 4.79 Å². The standard InChI is InChI=1S/C24H31NO3.ClH/c26-23(28-20-19-25-17-11-3-1-2-4-12-18-25)24(27,21-13-7-5-8-14-21)22-15-9-6-10-16-22;/h5-10,13-16,27H,1-4,11-12,17-20H2;1H. The van der Waals surface area contributed by atoms with Crippen molar-refractivity contribution in [2.24, 2.45) is 0 Å². The van der Waals surface area contributed by atoms with Crippen molar-refractivity contribution in [3.05, 3.63) is 71.8 Å². The zero-order chi connectivity index (χ0) is 19.7. The molecular formula is C24H32ClNO3. The number of hydrogen-bond donors (Lipinski definition) is 2. The Morgan fingerprint density at radius 2 is 1.28 bits per heavy atom. The van der Waals surface area contributed by atoms with Crippen LogP contribution in [-0.4, -0.2) is 37.3 Å². The highest BCUT2D eigenvalue weighted by atomic mass is 35.5. The minimum atomic E-state index is -1.79. The Balaban J connectivity index is 0.00000300. The van der Waals surface area contributed by atoms with Gasteiger partial charge in [0.25, 0.3) is 0 Å². The van der Waals surface area contributed by atoms with Crippen LogP contribution in [0.5, 0.6) is 0 Å². The third-order valence-corrected chi connectivity index (χ3v) is 5.68. The van der Waals surface area contributed by atoms with Crippen molar-refractivity contribution in [2.45, 2.75) is 44.1 Å². The lowest BCUT2D eigenvalue weighted by Gasteiger charge is -2.27. The highest BCUT2D eigenvalue weighted by molar-refractivity contribution is 5.85. The molecule has 0 amide bonds. The van der Waals surface area contributed by atoms with Crippen LogP contribution in [0.1, 0.15) is 49.7 Å². The van der Waals surface area contributed by atoms with Gasteiger partial charge in [0.1, 0.15) is 13.2 Å². The normalized spacial score (nSPS) is 16.0. The van der Waals surface area contributed by atoms with Crippen molar-refractivity contribution < 1.29 is 31.9 Å². The van der Waals surface area contributed by atoms with E-state index in [0.717, 1.165) is 19.6 Å². The molecule has 0 bridgehead atoms. The van der Waals surface area contributed by atoms with Crippen LogP contribution in [0.2, 0.25) is 0 Å². The second kappa shape index (κ2) is 12.0. The maximum atomic E-state index is 13.0.